The van der Waals surface area contributed by atoms with Crippen LogP contribution in [0.15, 0.2) is 66.4 Å². The van der Waals surface area contributed by atoms with E-state index in [-0.39, 0.29) is 22.9 Å². The average molecular weight is 461 g/mol. The topological polar surface area (TPSA) is 62.2 Å². The maximum absolute atomic E-state index is 14.1. The molecule has 174 valence electrons. The Morgan fingerprint density at radius 2 is 1.76 bits per heavy atom. The number of phenols is 1. The molecule has 0 bridgehead atoms. The number of halogens is 1. The number of anilines is 1. The van der Waals surface area contributed by atoms with Crippen molar-refractivity contribution >= 4 is 17.5 Å². The first-order chi connectivity index (χ1) is 16.5. The van der Waals surface area contributed by atoms with Crippen molar-refractivity contribution in [1.82, 2.24) is 4.90 Å². The lowest BCUT2D eigenvalue weighted by atomic mass is 10.0. The summed E-state index contributed by atoms with van der Waals surface area (Å²) in [4.78, 5) is 17.4. The largest absolute Gasteiger partial charge is 0.507 e. The van der Waals surface area contributed by atoms with E-state index in [4.69, 9.17) is 9.47 Å². The molecule has 2 aliphatic heterocycles. The van der Waals surface area contributed by atoms with E-state index < -0.39 is 5.82 Å². The summed E-state index contributed by atoms with van der Waals surface area (Å²) in [6, 6.07) is 17.3. The molecule has 2 aliphatic rings. The van der Waals surface area contributed by atoms with E-state index in [1.54, 1.807) is 31.4 Å². The number of methoxy groups -OCH3 is 1. The molecule has 3 aromatic rings. The highest BCUT2D eigenvalue weighted by atomic mass is 19.1. The van der Waals surface area contributed by atoms with Crippen LogP contribution in [0.3, 0.4) is 0 Å². The number of hydrogen-bond donors (Lipinski definition) is 1. The number of aromatic hydroxyl groups is 1. The first-order valence-corrected chi connectivity index (χ1v) is 11.2. The van der Waals surface area contributed by atoms with Gasteiger partial charge in [-0.25, -0.2) is 4.39 Å². The van der Waals surface area contributed by atoms with Crippen LogP contribution in [-0.2, 0) is 6.54 Å². The number of Topliss-reactive ketones (excluding diaryl/α,β-unsaturated/α-hetero) is 1. The molecule has 1 N–H and O–H groups in total. The van der Waals surface area contributed by atoms with E-state index in [2.05, 4.69) is 9.80 Å². The molecule has 0 spiro atoms. The lowest BCUT2D eigenvalue weighted by Crippen LogP contribution is -2.46. The highest BCUT2D eigenvalue weighted by Crippen LogP contribution is 2.40. The van der Waals surface area contributed by atoms with Crippen molar-refractivity contribution in [2.75, 3.05) is 38.2 Å². The molecule has 1 saturated heterocycles. The number of fused-ring (bicyclic) bond motifs is 1. The number of nitrogens with zero attached hydrogens (tertiary/aromatic N) is 2. The SMILES string of the molecule is COc1ccc(N2CCN(Cc3c(O)ccc4c3O/C(=C\c3ccccc3F)C4=O)CC2)cc1. The van der Waals surface area contributed by atoms with Crippen LogP contribution >= 0.6 is 0 Å². The molecule has 0 aromatic heterocycles. The van der Waals surface area contributed by atoms with Crippen LogP contribution in [0.2, 0.25) is 0 Å². The number of rotatable bonds is 5. The Balaban J connectivity index is 1.31. The zero-order valence-corrected chi connectivity index (χ0v) is 18.8. The summed E-state index contributed by atoms with van der Waals surface area (Å²) in [5.74, 6) is 0.565. The van der Waals surface area contributed by atoms with Crippen LogP contribution < -0.4 is 14.4 Å². The smallest absolute Gasteiger partial charge is 0.231 e. The van der Waals surface area contributed by atoms with Gasteiger partial charge in [-0.05, 0) is 48.5 Å². The third-order valence-electron chi connectivity index (χ3n) is 6.30. The number of hydrogen-bond acceptors (Lipinski definition) is 6. The molecule has 2 heterocycles. The van der Waals surface area contributed by atoms with Crippen molar-refractivity contribution in [3.8, 4) is 17.2 Å². The summed E-state index contributed by atoms with van der Waals surface area (Å²) < 4.78 is 25.2. The van der Waals surface area contributed by atoms with Gasteiger partial charge in [0.25, 0.3) is 0 Å². The van der Waals surface area contributed by atoms with Gasteiger partial charge < -0.3 is 19.5 Å². The Morgan fingerprint density at radius 1 is 1.03 bits per heavy atom. The van der Waals surface area contributed by atoms with Crippen LogP contribution in [0.25, 0.3) is 6.08 Å². The highest BCUT2D eigenvalue weighted by Gasteiger charge is 2.32. The second-order valence-electron chi connectivity index (χ2n) is 8.36. The quantitative estimate of drug-likeness (QED) is 0.567. The van der Waals surface area contributed by atoms with Crippen LogP contribution in [0.1, 0.15) is 21.5 Å². The van der Waals surface area contributed by atoms with Gasteiger partial charge in [0.2, 0.25) is 5.78 Å². The molecule has 0 radical (unpaired) electrons. The van der Waals surface area contributed by atoms with E-state index in [9.17, 15) is 14.3 Å². The Morgan fingerprint density at radius 3 is 2.47 bits per heavy atom. The molecule has 0 atom stereocenters. The fourth-order valence-corrected chi connectivity index (χ4v) is 4.36. The number of carbonyl (C=O) groups excluding carboxylic acids is 1. The number of phenolic OH excluding ortho intramolecular Hbond substituents is 1. The third kappa shape index (κ3) is 4.22. The normalized spacial score (nSPS) is 17.1. The minimum Gasteiger partial charge on any atom is -0.507 e. The van der Waals surface area contributed by atoms with Gasteiger partial charge in [0.05, 0.1) is 18.2 Å². The van der Waals surface area contributed by atoms with Crippen molar-refractivity contribution in [2.45, 2.75) is 6.54 Å². The number of piperazine rings is 1. The fraction of sp³-hybridized carbons (Fsp3) is 0.222. The zero-order valence-electron chi connectivity index (χ0n) is 18.8. The number of ether oxygens (including phenoxy) is 2. The predicted octanol–water partition coefficient (Wildman–Crippen LogP) is 4.48. The van der Waals surface area contributed by atoms with Gasteiger partial charge in [0.1, 0.15) is 23.1 Å². The molecule has 7 heteroatoms. The first kappa shape index (κ1) is 22.0. The lowest BCUT2D eigenvalue weighted by Gasteiger charge is -2.36. The van der Waals surface area contributed by atoms with Gasteiger partial charge in [-0.2, -0.15) is 0 Å². The van der Waals surface area contributed by atoms with Gasteiger partial charge >= 0.3 is 0 Å². The van der Waals surface area contributed by atoms with E-state index >= 15 is 0 Å². The Bertz CT molecular complexity index is 1250. The van der Waals surface area contributed by atoms with Crippen molar-refractivity contribution in [2.24, 2.45) is 0 Å². The number of benzene rings is 3. The molecule has 0 unspecified atom stereocenters. The Hall–Kier alpha value is -3.84. The van der Waals surface area contributed by atoms with E-state index in [1.807, 2.05) is 24.3 Å². The molecule has 0 aliphatic carbocycles. The van der Waals surface area contributed by atoms with Gasteiger partial charge in [0, 0.05) is 44.0 Å². The van der Waals surface area contributed by atoms with Gasteiger partial charge in [0.15, 0.2) is 5.76 Å². The Labute approximate surface area is 197 Å². The summed E-state index contributed by atoms with van der Waals surface area (Å²) in [5.41, 5.74) is 2.37. The molecule has 6 nitrogen and oxygen atoms in total. The van der Waals surface area contributed by atoms with Crippen molar-refractivity contribution in [3.05, 3.63) is 88.9 Å². The molecule has 3 aromatic carbocycles. The highest BCUT2D eigenvalue weighted by molar-refractivity contribution is 6.15. The second-order valence-corrected chi connectivity index (χ2v) is 8.36. The first-order valence-electron chi connectivity index (χ1n) is 11.2. The summed E-state index contributed by atoms with van der Waals surface area (Å²) in [6.45, 7) is 3.70. The van der Waals surface area contributed by atoms with Crippen molar-refractivity contribution in [1.29, 1.82) is 0 Å². The third-order valence-corrected chi connectivity index (χ3v) is 6.30. The van der Waals surface area contributed by atoms with E-state index in [0.29, 0.717) is 23.4 Å². The summed E-state index contributed by atoms with van der Waals surface area (Å²) in [6.07, 6.45) is 1.41. The second kappa shape index (κ2) is 9.19. The predicted molar refractivity (Wildman–Crippen MR) is 128 cm³/mol. The molecule has 5 rings (SSSR count). The summed E-state index contributed by atoms with van der Waals surface area (Å²) >= 11 is 0. The van der Waals surface area contributed by atoms with Crippen LogP contribution in [0, 0.1) is 5.82 Å². The summed E-state index contributed by atoms with van der Waals surface area (Å²) in [7, 11) is 1.65. The maximum atomic E-state index is 14.1. The zero-order chi connectivity index (χ0) is 23.7. The van der Waals surface area contributed by atoms with Crippen molar-refractivity contribution in [3.63, 3.8) is 0 Å². The molecule has 0 amide bonds. The lowest BCUT2D eigenvalue weighted by molar-refractivity contribution is 0.101. The van der Waals surface area contributed by atoms with E-state index in [0.717, 1.165) is 37.6 Å². The van der Waals surface area contributed by atoms with Gasteiger partial charge in [-0.3, -0.25) is 9.69 Å². The molecule has 34 heavy (non-hydrogen) atoms. The average Bonchev–Trinajstić information content (AvgIpc) is 3.18. The molecular weight excluding hydrogens is 435 g/mol. The minimum atomic E-state index is -0.430. The molecule has 0 saturated carbocycles. The standard InChI is InChI=1S/C27H25FN2O4/c1-33-20-8-6-19(7-9-20)30-14-12-29(13-15-30)17-22-24(31)11-10-21-26(32)25(34-27(21)22)16-18-4-2-3-5-23(18)28/h2-11,16,31H,12-15,17H2,1H3/b25-16-. The number of allylic oxidation sites excluding steroid dienone is 1. The number of carbonyl (C=O) groups is 1. The molecular formula is C27H25FN2O4. The fourth-order valence-electron chi connectivity index (χ4n) is 4.36. The summed E-state index contributed by atoms with van der Waals surface area (Å²) in [5, 5.41) is 10.6. The van der Waals surface area contributed by atoms with E-state index in [1.165, 1.54) is 18.2 Å². The number of ketones is 1. The van der Waals surface area contributed by atoms with Gasteiger partial charge in [-0.15, -0.1) is 0 Å². The maximum Gasteiger partial charge on any atom is 0.231 e. The molecule has 1 fully saturated rings. The monoisotopic (exact) mass is 460 g/mol. The van der Waals surface area contributed by atoms with Crippen molar-refractivity contribution < 1.29 is 23.8 Å². The van der Waals surface area contributed by atoms with Crippen LogP contribution in [0.5, 0.6) is 17.2 Å². The Kier molecular flexibility index (Phi) is 5.94. The van der Waals surface area contributed by atoms with Crippen LogP contribution in [-0.4, -0.2) is 49.1 Å². The minimum absolute atomic E-state index is 0.0521. The van der Waals surface area contributed by atoms with Crippen LogP contribution in [0.4, 0.5) is 10.1 Å². The van der Waals surface area contributed by atoms with Gasteiger partial charge in [-0.1, -0.05) is 18.2 Å².